The van der Waals surface area contributed by atoms with Crippen LogP contribution in [0.2, 0.25) is 0 Å². The summed E-state index contributed by atoms with van der Waals surface area (Å²) in [4.78, 5) is 11.9. The molecule has 0 spiro atoms. The third kappa shape index (κ3) is 8.59. The summed E-state index contributed by atoms with van der Waals surface area (Å²) in [7, 11) is 0. The Balaban J connectivity index is 1.25. The molecule has 1 aliphatic heterocycles. The molecule has 1 heterocycles. The minimum Gasteiger partial charge on any atom is -0.445 e. The second-order valence-electron chi connectivity index (χ2n) is 9.55. The molecular formula is C31H37NO8. The van der Waals surface area contributed by atoms with Crippen molar-refractivity contribution >= 4 is 6.09 Å². The van der Waals surface area contributed by atoms with Gasteiger partial charge in [0.2, 0.25) is 0 Å². The largest absolute Gasteiger partial charge is 0.445 e. The molecule has 9 nitrogen and oxygen atoms in total. The van der Waals surface area contributed by atoms with Crippen LogP contribution in [0.1, 0.15) is 23.1 Å². The molecule has 0 unspecified atom stereocenters. The molecule has 1 fully saturated rings. The Hall–Kier alpha value is -3.31. The first kappa shape index (κ1) is 29.7. The maximum absolute atomic E-state index is 11.9. The van der Waals surface area contributed by atoms with E-state index in [9.17, 15) is 15.0 Å². The van der Waals surface area contributed by atoms with Crippen LogP contribution in [0.4, 0.5) is 4.79 Å². The third-order valence-electron chi connectivity index (χ3n) is 6.68. The summed E-state index contributed by atoms with van der Waals surface area (Å²) in [5.74, 6) is 0. The van der Waals surface area contributed by atoms with Gasteiger partial charge in [-0.25, -0.2) is 4.79 Å². The molecule has 3 aromatic rings. The van der Waals surface area contributed by atoms with Crippen molar-refractivity contribution in [3.8, 4) is 0 Å². The van der Waals surface area contributed by atoms with E-state index in [0.717, 1.165) is 16.7 Å². The number of alkyl carbamates (subject to hydrolysis) is 1. The highest BCUT2D eigenvalue weighted by atomic mass is 16.7. The van der Waals surface area contributed by atoms with E-state index in [4.69, 9.17) is 23.7 Å². The number of rotatable bonds is 15. The van der Waals surface area contributed by atoms with Crippen LogP contribution in [-0.4, -0.2) is 66.8 Å². The Bertz CT molecular complexity index is 1130. The maximum Gasteiger partial charge on any atom is 0.407 e. The number of carbonyl (C=O) groups is 1. The summed E-state index contributed by atoms with van der Waals surface area (Å²) in [5.41, 5.74) is 1.37. The van der Waals surface area contributed by atoms with Gasteiger partial charge in [-0.15, -0.1) is 0 Å². The summed E-state index contributed by atoms with van der Waals surface area (Å²) in [5, 5.41) is 24.8. The summed E-state index contributed by atoms with van der Waals surface area (Å²) in [6.45, 7) is 1.40. The number of amides is 1. The van der Waals surface area contributed by atoms with Gasteiger partial charge in [0.1, 0.15) is 24.4 Å². The summed E-state index contributed by atoms with van der Waals surface area (Å²) < 4.78 is 28.5. The zero-order valence-corrected chi connectivity index (χ0v) is 22.4. The Morgan fingerprint density at radius 2 is 1.35 bits per heavy atom. The van der Waals surface area contributed by atoms with E-state index in [1.807, 2.05) is 91.0 Å². The normalized spacial score (nSPS) is 22.2. The van der Waals surface area contributed by atoms with Crippen LogP contribution in [0.25, 0.3) is 0 Å². The van der Waals surface area contributed by atoms with Crippen LogP contribution in [0, 0.1) is 0 Å². The lowest BCUT2D eigenvalue weighted by molar-refractivity contribution is -0.214. The van der Waals surface area contributed by atoms with Gasteiger partial charge in [0, 0.05) is 19.6 Å². The number of aliphatic hydroxyl groups is 2. The fourth-order valence-electron chi connectivity index (χ4n) is 4.44. The zero-order valence-electron chi connectivity index (χ0n) is 22.4. The predicted octanol–water partition coefficient (Wildman–Crippen LogP) is 3.57. The molecular weight excluding hydrogens is 514 g/mol. The average molecular weight is 552 g/mol. The van der Waals surface area contributed by atoms with Crippen LogP contribution in [0.3, 0.4) is 0 Å². The molecule has 0 radical (unpaired) electrons. The van der Waals surface area contributed by atoms with Crippen LogP contribution < -0.4 is 5.32 Å². The van der Waals surface area contributed by atoms with Crippen LogP contribution in [0.5, 0.6) is 0 Å². The highest BCUT2D eigenvalue weighted by molar-refractivity contribution is 5.67. The first-order valence-corrected chi connectivity index (χ1v) is 13.4. The lowest BCUT2D eigenvalue weighted by Gasteiger charge is -2.34. The van der Waals surface area contributed by atoms with Gasteiger partial charge >= 0.3 is 6.09 Å². The first-order valence-electron chi connectivity index (χ1n) is 13.4. The molecule has 40 heavy (non-hydrogen) atoms. The monoisotopic (exact) mass is 551 g/mol. The van der Waals surface area contributed by atoms with Gasteiger partial charge in [-0.2, -0.15) is 0 Å². The fourth-order valence-corrected chi connectivity index (χ4v) is 4.44. The van der Waals surface area contributed by atoms with E-state index in [0.29, 0.717) is 6.61 Å². The second kappa shape index (κ2) is 15.5. The molecule has 1 saturated heterocycles. The van der Waals surface area contributed by atoms with Gasteiger partial charge in [-0.05, 0) is 16.7 Å². The number of carbonyl (C=O) groups excluding carboxylic acids is 1. The smallest absolute Gasteiger partial charge is 0.407 e. The van der Waals surface area contributed by atoms with Gasteiger partial charge in [-0.3, -0.25) is 0 Å². The number of hydrogen-bond donors (Lipinski definition) is 3. The molecule has 4 rings (SSSR count). The molecule has 3 N–H and O–H groups in total. The average Bonchev–Trinajstić information content (AvgIpc) is 3.22. The molecule has 0 aliphatic carbocycles. The van der Waals surface area contributed by atoms with Crippen molar-refractivity contribution in [3.63, 3.8) is 0 Å². The quantitative estimate of drug-likeness (QED) is 0.246. The molecule has 3 aromatic carbocycles. The number of benzene rings is 3. The molecule has 0 saturated carbocycles. The second-order valence-corrected chi connectivity index (χ2v) is 9.55. The minimum atomic E-state index is -1.42. The molecule has 1 aliphatic rings. The zero-order chi connectivity index (χ0) is 28.0. The Labute approximate surface area is 234 Å². The van der Waals surface area contributed by atoms with E-state index in [1.54, 1.807) is 0 Å². The molecule has 214 valence electrons. The maximum atomic E-state index is 11.9. The van der Waals surface area contributed by atoms with Crippen molar-refractivity contribution < 1.29 is 38.7 Å². The van der Waals surface area contributed by atoms with Crippen molar-refractivity contribution in [1.29, 1.82) is 0 Å². The Morgan fingerprint density at radius 1 is 0.775 bits per heavy atom. The predicted molar refractivity (Wildman–Crippen MR) is 147 cm³/mol. The lowest BCUT2D eigenvalue weighted by Crippen LogP contribution is -2.51. The summed E-state index contributed by atoms with van der Waals surface area (Å²) in [6, 6.07) is 28.6. The van der Waals surface area contributed by atoms with Gasteiger partial charge in [0.05, 0.1) is 26.4 Å². The van der Waals surface area contributed by atoms with Crippen LogP contribution in [-0.2, 0) is 43.5 Å². The van der Waals surface area contributed by atoms with Crippen LogP contribution in [0.15, 0.2) is 91.0 Å². The summed E-state index contributed by atoms with van der Waals surface area (Å²) >= 11 is 0. The molecule has 1 amide bonds. The third-order valence-corrected chi connectivity index (χ3v) is 6.68. The van der Waals surface area contributed by atoms with Gasteiger partial charge < -0.3 is 39.2 Å². The van der Waals surface area contributed by atoms with E-state index in [-0.39, 0.29) is 46.0 Å². The van der Waals surface area contributed by atoms with Crippen molar-refractivity contribution in [2.45, 2.75) is 50.3 Å². The van der Waals surface area contributed by atoms with Gasteiger partial charge in [0.25, 0.3) is 0 Å². The number of hydrogen-bond acceptors (Lipinski definition) is 8. The molecule has 4 atom stereocenters. The fraction of sp³-hybridized carbons (Fsp3) is 0.387. The molecule has 0 aromatic heterocycles. The van der Waals surface area contributed by atoms with Crippen molar-refractivity contribution in [1.82, 2.24) is 5.32 Å². The highest BCUT2D eigenvalue weighted by Crippen LogP contribution is 2.37. The first-order chi connectivity index (χ1) is 19.6. The molecule has 0 bridgehead atoms. The SMILES string of the molecule is O=C(NCCOCC[C@]1(OCc2ccccc2)[C@H](O)O[C@H](COCc2ccccc2)[C@H]1O)OCc1ccccc1. The van der Waals surface area contributed by atoms with E-state index in [2.05, 4.69) is 5.32 Å². The van der Waals surface area contributed by atoms with E-state index < -0.39 is 30.2 Å². The number of nitrogens with one attached hydrogen (secondary N) is 1. The Morgan fingerprint density at radius 3 is 1.98 bits per heavy atom. The van der Waals surface area contributed by atoms with E-state index in [1.165, 1.54) is 0 Å². The number of aliphatic hydroxyl groups excluding tert-OH is 2. The minimum absolute atomic E-state index is 0.0828. The van der Waals surface area contributed by atoms with Gasteiger partial charge in [0.15, 0.2) is 6.29 Å². The summed E-state index contributed by atoms with van der Waals surface area (Å²) in [6.07, 6.45) is -3.70. The Kier molecular flexibility index (Phi) is 11.5. The van der Waals surface area contributed by atoms with Crippen molar-refractivity contribution in [2.24, 2.45) is 0 Å². The van der Waals surface area contributed by atoms with Crippen molar-refractivity contribution in [3.05, 3.63) is 108 Å². The lowest BCUT2D eigenvalue weighted by atomic mass is 9.91. The standard InChI is InChI=1S/C31H37NO8/c33-28-27(23-37-20-24-10-4-1-5-11-24)40-29(34)31(28,39-22-26-14-8-3-9-15-26)16-18-36-19-17-32-30(35)38-21-25-12-6-2-7-13-25/h1-15,27-29,33-34H,16-23H2,(H,32,35)/t27-,28-,29-,31-/m1/s1. The topological polar surface area (TPSA) is 116 Å². The van der Waals surface area contributed by atoms with E-state index >= 15 is 0 Å². The number of ether oxygens (including phenoxy) is 5. The highest BCUT2D eigenvalue weighted by Gasteiger charge is 2.56. The van der Waals surface area contributed by atoms with Crippen LogP contribution >= 0.6 is 0 Å². The molecule has 9 heteroatoms. The van der Waals surface area contributed by atoms with Gasteiger partial charge in [-0.1, -0.05) is 91.0 Å². The van der Waals surface area contributed by atoms with Crippen molar-refractivity contribution in [2.75, 3.05) is 26.4 Å².